The van der Waals surface area contributed by atoms with Crippen LogP contribution in [0.2, 0.25) is 0 Å². The number of thiazole rings is 1. The average molecular weight is 312 g/mol. The van der Waals surface area contributed by atoms with Gasteiger partial charge in [0.05, 0.1) is 16.6 Å². The minimum atomic E-state index is -0.901. The van der Waals surface area contributed by atoms with Crippen LogP contribution in [0.4, 0.5) is 0 Å². The molecular weight excluding hydrogens is 288 g/mol. The number of nitrogens with zero attached hydrogens (tertiary/aromatic N) is 1. The number of rotatable bonds is 6. The van der Waals surface area contributed by atoms with Crippen LogP contribution < -0.4 is 5.32 Å². The molecule has 0 unspecified atom stereocenters. The molecule has 0 fully saturated rings. The Hall–Kier alpha value is -1.43. The molecule has 0 aliphatic rings. The summed E-state index contributed by atoms with van der Waals surface area (Å²) in [5.41, 5.74) is 1.28. The van der Waals surface area contributed by atoms with Gasteiger partial charge in [0.25, 0.3) is 5.91 Å². The molecule has 1 aromatic rings. The maximum Gasteiger partial charge on any atom is 0.311 e. The summed E-state index contributed by atoms with van der Waals surface area (Å²) in [7, 11) is 0. The lowest BCUT2D eigenvalue weighted by molar-refractivity contribution is -0.149. The zero-order chi connectivity index (χ0) is 16.3. The average Bonchev–Trinajstić information content (AvgIpc) is 2.89. The summed E-state index contributed by atoms with van der Waals surface area (Å²) in [5, 5.41) is 12.2. The number of carboxylic acids is 1. The largest absolute Gasteiger partial charge is 0.481 e. The SMILES string of the molecule is CCC(CC)(CNC(=O)c1scnc1C(C)(C)C)C(=O)O. The Morgan fingerprint density at radius 3 is 2.29 bits per heavy atom. The van der Waals surface area contributed by atoms with Gasteiger partial charge >= 0.3 is 5.97 Å². The minimum Gasteiger partial charge on any atom is -0.481 e. The van der Waals surface area contributed by atoms with Gasteiger partial charge in [-0.15, -0.1) is 11.3 Å². The van der Waals surface area contributed by atoms with Crippen molar-refractivity contribution in [2.45, 2.75) is 52.9 Å². The molecule has 0 aliphatic heterocycles. The third-order valence-corrected chi connectivity index (χ3v) is 4.70. The highest BCUT2D eigenvalue weighted by molar-refractivity contribution is 7.11. The van der Waals surface area contributed by atoms with E-state index in [2.05, 4.69) is 10.3 Å². The van der Waals surface area contributed by atoms with Crippen molar-refractivity contribution in [3.05, 3.63) is 16.1 Å². The predicted octanol–water partition coefficient (Wildman–Crippen LogP) is 3.06. The number of carboxylic acid groups (broad SMARTS) is 1. The summed E-state index contributed by atoms with van der Waals surface area (Å²) in [6.45, 7) is 9.79. The first kappa shape index (κ1) is 17.6. The number of carbonyl (C=O) groups excluding carboxylic acids is 1. The van der Waals surface area contributed by atoms with Crippen molar-refractivity contribution < 1.29 is 14.7 Å². The summed E-state index contributed by atoms with van der Waals surface area (Å²) in [6.07, 6.45) is 0.960. The van der Waals surface area contributed by atoms with E-state index in [-0.39, 0.29) is 17.9 Å². The van der Waals surface area contributed by atoms with Gasteiger partial charge in [0.1, 0.15) is 4.88 Å². The van der Waals surface area contributed by atoms with Crippen LogP contribution in [0, 0.1) is 5.41 Å². The Kier molecular flexibility index (Phi) is 5.50. The van der Waals surface area contributed by atoms with Crippen molar-refractivity contribution in [1.82, 2.24) is 10.3 Å². The molecule has 1 heterocycles. The Morgan fingerprint density at radius 2 is 1.86 bits per heavy atom. The van der Waals surface area contributed by atoms with Crippen molar-refractivity contribution in [2.75, 3.05) is 6.54 Å². The first-order valence-electron chi connectivity index (χ1n) is 7.13. The van der Waals surface area contributed by atoms with Crippen molar-refractivity contribution >= 4 is 23.2 Å². The Morgan fingerprint density at radius 1 is 1.29 bits per heavy atom. The molecule has 5 nitrogen and oxygen atoms in total. The number of aromatic nitrogens is 1. The topological polar surface area (TPSA) is 79.3 Å². The van der Waals surface area contributed by atoms with E-state index >= 15 is 0 Å². The van der Waals surface area contributed by atoms with Crippen LogP contribution in [0.1, 0.15) is 62.8 Å². The predicted molar refractivity (Wildman–Crippen MR) is 83.8 cm³/mol. The van der Waals surface area contributed by atoms with Crippen LogP contribution in [0.25, 0.3) is 0 Å². The minimum absolute atomic E-state index is 0.135. The maximum absolute atomic E-state index is 12.3. The molecule has 1 rings (SSSR count). The summed E-state index contributed by atoms with van der Waals surface area (Å²) >= 11 is 1.29. The second-order valence-corrected chi connectivity index (χ2v) is 7.11. The first-order valence-corrected chi connectivity index (χ1v) is 8.01. The molecule has 1 aromatic heterocycles. The summed E-state index contributed by atoms with van der Waals surface area (Å²) in [6, 6.07) is 0. The number of hydrogen-bond donors (Lipinski definition) is 2. The number of amides is 1. The number of carbonyl (C=O) groups is 2. The quantitative estimate of drug-likeness (QED) is 0.846. The lowest BCUT2D eigenvalue weighted by Crippen LogP contribution is -2.42. The molecule has 118 valence electrons. The molecule has 0 aromatic carbocycles. The molecule has 0 saturated carbocycles. The lowest BCUT2D eigenvalue weighted by atomic mass is 9.82. The van der Waals surface area contributed by atoms with Crippen LogP contribution in [-0.4, -0.2) is 28.5 Å². The highest BCUT2D eigenvalue weighted by atomic mass is 32.1. The van der Waals surface area contributed by atoms with E-state index in [1.54, 1.807) is 5.51 Å². The number of hydrogen-bond acceptors (Lipinski definition) is 4. The van der Waals surface area contributed by atoms with Crippen molar-refractivity contribution in [1.29, 1.82) is 0 Å². The molecule has 0 aliphatic carbocycles. The van der Waals surface area contributed by atoms with Gasteiger partial charge in [-0.1, -0.05) is 34.6 Å². The van der Waals surface area contributed by atoms with Crippen LogP contribution in [0.15, 0.2) is 5.51 Å². The molecule has 0 atom stereocenters. The molecule has 2 N–H and O–H groups in total. The third-order valence-electron chi connectivity index (χ3n) is 3.88. The molecule has 1 amide bonds. The molecule has 0 bridgehead atoms. The first-order chi connectivity index (χ1) is 9.68. The summed E-state index contributed by atoms with van der Waals surface area (Å²) < 4.78 is 0. The molecule has 21 heavy (non-hydrogen) atoms. The fraction of sp³-hybridized carbons (Fsp3) is 0.667. The van der Waals surface area contributed by atoms with Crippen molar-refractivity contribution in [3.63, 3.8) is 0 Å². The standard InChI is InChI=1S/C15H24N2O3S/c1-6-15(7-2,13(19)20)8-16-12(18)10-11(14(3,4)5)17-9-21-10/h9H,6-8H2,1-5H3,(H,16,18)(H,19,20). The van der Waals surface area contributed by atoms with Gasteiger partial charge < -0.3 is 10.4 Å². The molecule has 0 radical (unpaired) electrons. The maximum atomic E-state index is 12.3. The lowest BCUT2D eigenvalue weighted by Gasteiger charge is -2.27. The van der Waals surface area contributed by atoms with Gasteiger partial charge in [-0.25, -0.2) is 4.98 Å². The van der Waals surface area contributed by atoms with E-state index in [1.165, 1.54) is 11.3 Å². The van der Waals surface area contributed by atoms with Gasteiger partial charge in [-0.05, 0) is 12.8 Å². The van der Waals surface area contributed by atoms with E-state index in [1.807, 2.05) is 34.6 Å². The van der Waals surface area contributed by atoms with Crippen molar-refractivity contribution in [3.8, 4) is 0 Å². The van der Waals surface area contributed by atoms with Crippen LogP contribution in [0.5, 0.6) is 0 Å². The zero-order valence-corrected chi connectivity index (χ0v) is 14.1. The Balaban J connectivity index is 2.88. The van der Waals surface area contributed by atoms with Gasteiger partial charge in [-0.2, -0.15) is 0 Å². The zero-order valence-electron chi connectivity index (χ0n) is 13.3. The van der Waals surface area contributed by atoms with E-state index < -0.39 is 11.4 Å². The van der Waals surface area contributed by atoms with E-state index in [4.69, 9.17) is 0 Å². The van der Waals surface area contributed by atoms with Gasteiger partial charge in [-0.3, -0.25) is 9.59 Å². The Bertz CT molecular complexity index is 513. The van der Waals surface area contributed by atoms with Crippen LogP contribution in [0.3, 0.4) is 0 Å². The summed E-state index contributed by atoms with van der Waals surface area (Å²) in [5.74, 6) is -1.11. The second kappa shape index (κ2) is 6.56. The van der Waals surface area contributed by atoms with Crippen LogP contribution >= 0.6 is 11.3 Å². The summed E-state index contributed by atoms with van der Waals surface area (Å²) in [4.78, 5) is 28.6. The number of nitrogens with one attached hydrogen (secondary N) is 1. The Labute approximate surface area is 129 Å². The van der Waals surface area contributed by atoms with Gasteiger partial charge in [0.2, 0.25) is 0 Å². The fourth-order valence-corrected chi connectivity index (χ4v) is 3.06. The van der Waals surface area contributed by atoms with Gasteiger partial charge in [0.15, 0.2) is 0 Å². The van der Waals surface area contributed by atoms with Crippen LogP contribution in [-0.2, 0) is 10.2 Å². The fourth-order valence-electron chi connectivity index (χ4n) is 2.15. The highest BCUT2D eigenvalue weighted by Crippen LogP contribution is 2.28. The smallest absolute Gasteiger partial charge is 0.311 e. The second-order valence-electron chi connectivity index (χ2n) is 6.26. The normalized spacial score (nSPS) is 12.2. The van der Waals surface area contributed by atoms with Crippen molar-refractivity contribution in [2.24, 2.45) is 5.41 Å². The molecule has 0 saturated heterocycles. The van der Waals surface area contributed by atoms with Gasteiger partial charge in [0, 0.05) is 12.0 Å². The highest BCUT2D eigenvalue weighted by Gasteiger charge is 2.35. The van der Waals surface area contributed by atoms with E-state index in [0.717, 1.165) is 5.69 Å². The number of aliphatic carboxylic acids is 1. The van der Waals surface area contributed by atoms with E-state index in [0.29, 0.717) is 17.7 Å². The van der Waals surface area contributed by atoms with E-state index in [9.17, 15) is 14.7 Å². The molecule has 0 spiro atoms. The monoisotopic (exact) mass is 312 g/mol. The third kappa shape index (κ3) is 3.81. The molecular formula is C15H24N2O3S. The molecule has 6 heteroatoms.